The molecule has 3 fully saturated rings. The number of ether oxygens (including phenoxy) is 1. The highest BCUT2D eigenvalue weighted by molar-refractivity contribution is 5.94. The molecule has 0 aliphatic carbocycles. The van der Waals surface area contributed by atoms with Crippen LogP contribution in [0.15, 0.2) is 42.5 Å². The number of carbonyl (C=O) groups excluding carboxylic acids is 1. The number of piperidine rings is 3. The van der Waals surface area contributed by atoms with Crippen molar-refractivity contribution < 1.29 is 22.7 Å². The van der Waals surface area contributed by atoms with Crippen molar-refractivity contribution in [3.8, 4) is 11.6 Å². The highest BCUT2D eigenvalue weighted by Gasteiger charge is 2.43. The summed E-state index contributed by atoms with van der Waals surface area (Å²) in [4.78, 5) is 18.5. The van der Waals surface area contributed by atoms with E-state index in [1.54, 1.807) is 24.3 Å². The summed E-state index contributed by atoms with van der Waals surface area (Å²) < 4.78 is 43.7. The van der Waals surface area contributed by atoms with Gasteiger partial charge in [0.25, 0.3) is 5.91 Å². The maximum Gasteiger partial charge on any atom is 0.433 e. The van der Waals surface area contributed by atoms with Gasteiger partial charge in [0.2, 0.25) is 5.88 Å². The third-order valence-corrected chi connectivity index (χ3v) is 5.73. The first kappa shape index (κ1) is 19.7. The van der Waals surface area contributed by atoms with E-state index in [-0.39, 0.29) is 17.5 Å². The molecule has 4 heterocycles. The normalized spacial score (nSPS) is 26.2. The molecular formula is C21H22F3N3O2. The van der Waals surface area contributed by atoms with Crippen LogP contribution in [0, 0.1) is 5.92 Å². The summed E-state index contributed by atoms with van der Waals surface area (Å²) in [5.74, 6) is 0.625. The van der Waals surface area contributed by atoms with E-state index >= 15 is 0 Å². The Kier molecular flexibility index (Phi) is 4.98. The van der Waals surface area contributed by atoms with Crippen LogP contribution in [0.1, 0.15) is 42.2 Å². The van der Waals surface area contributed by atoms with E-state index in [0.717, 1.165) is 25.6 Å². The Morgan fingerprint density at radius 2 is 1.86 bits per heavy atom. The predicted octanol–water partition coefficient (Wildman–Crippen LogP) is 4.45. The van der Waals surface area contributed by atoms with Crippen LogP contribution in [-0.4, -0.2) is 34.5 Å². The van der Waals surface area contributed by atoms with Gasteiger partial charge in [-0.15, -0.1) is 0 Å². The molecular weight excluding hydrogens is 383 g/mol. The summed E-state index contributed by atoms with van der Waals surface area (Å²) >= 11 is 0. The second-order valence-corrected chi connectivity index (χ2v) is 7.85. The molecule has 5 nitrogen and oxygen atoms in total. The number of amides is 1. The third kappa shape index (κ3) is 4.22. The molecule has 1 aromatic carbocycles. The van der Waals surface area contributed by atoms with Gasteiger partial charge in [0.05, 0.1) is 5.66 Å². The number of pyridine rings is 1. The molecule has 0 unspecified atom stereocenters. The van der Waals surface area contributed by atoms with E-state index in [9.17, 15) is 18.0 Å². The van der Waals surface area contributed by atoms with Gasteiger partial charge in [0, 0.05) is 24.7 Å². The van der Waals surface area contributed by atoms with Crippen molar-refractivity contribution >= 4 is 5.91 Å². The van der Waals surface area contributed by atoms with Crippen molar-refractivity contribution in [2.45, 2.75) is 38.0 Å². The van der Waals surface area contributed by atoms with Crippen LogP contribution >= 0.6 is 0 Å². The number of fused-ring (bicyclic) bond motifs is 3. The number of aromatic nitrogens is 1. The lowest BCUT2D eigenvalue weighted by Gasteiger charge is -2.52. The smallest absolute Gasteiger partial charge is 0.433 e. The molecule has 0 radical (unpaired) electrons. The molecule has 1 N–H and O–H groups in total. The fourth-order valence-corrected chi connectivity index (χ4v) is 4.19. The first-order valence-corrected chi connectivity index (χ1v) is 9.63. The molecule has 1 aromatic heterocycles. The first-order chi connectivity index (χ1) is 13.7. The molecule has 2 aromatic rings. The van der Waals surface area contributed by atoms with Crippen LogP contribution in [0.5, 0.6) is 11.6 Å². The molecule has 154 valence electrons. The van der Waals surface area contributed by atoms with Crippen LogP contribution < -0.4 is 10.1 Å². The maximum atomic E-state index is 12.8. The highest BCUT2D eigenvalue weighted by atomic mass is 19.4. The molecule has 2 bridgehead atoms. The summed E-state index contributed by atoms with van der Waals surface area (Å²) in [7, 11) is 0. The monoisotopic (exact) mass is 405 g/mol. The van der Waals surface area contributed by atoms with Gasteiger partial charge >= 0.3 is 6.18 Å². The Balaban J connectivity index is 1.42. The molecule has 3 aliphatic rings. The SMILES string of the molecule is C[C@@]1(NC(=O)c2ccc(Oc3cccc(C(F)(F)F)n3)cc2)CC2CCN1CC2. The van der Waals surface area contributed by atoms with Crippen molar-refractivity contribution in [3.63, 3.8) is 0 Å². The lowest BCUT2D eigenvalue weighted by molar-refractivity contribution is -0.141. The number of hydrogen-bond donors (Lipinski definition) is 1. The molecule has 1 atom stereocenters. The molecule has 8 heteroatoms. The minimum Gasteiger partial charge on any atom is -0.439 e. The first-order valence-electron chi connectivity index (χ1n) is 9.63. The maximum absolute atomic E-state index is 12.8. The summed E-state index contributed by atoms with van der Waals surface area (Å²) in [5, 5.41) is 3.15. The Morgan fingerprint density at radius 1 is 1.17 bits per heavy atom. The zero-order valence-electron chi connectivity index (χ0n) is 16.0. The lowest BCUT2D eigenvalue weighted by atomic mass is 9.80. The van der Waals surface area contributed by atoms with Crippen LogP contribution in [0.25, 0.3) is 0 Å². The molecule has 0 spiro atoms. The fraction of sp³-hybridized carbons (Fsp3) is 0.429. The van der Waals surface area contributed by atoms with Gasteiger partial charge in [-0.3, -0.25) is 9.69 Å². The quantitative estimate of drug-likeness (QED) is 0.816. The van der Waals surface area contributed by atoms with Gasteiger partial charge in [-0.1, -0.05) is 6.07 Å². The van der Waals surface area contributed by atoms with E-state index in [0.29, 0.717) is 17.2 Å². The fourth-order valence-electron chi connectivity index (χ4n) is 4.19. The zero-order chi connectivity index (χ0) is 20.6. The molecule has 5 rings (SSSR count). The van der Waals surface area contributed by atoms with E-state index in [4.69, 9.17) is 4.74 Å². The summed E-state index contributed by atoms with van der Waals surface area (Å²) in [6.45, 7) is 4.06. The zero-order valence-corrected chi connectivity index (χ0v) is 16.0. The number of alkyl halides is 3. The molecule has 1 amide bonds. The van der Waals surface area contributed by atoms with Gasteiger partial charge in [0.15, 0.2) is 0 Å². The number of rotatable bonds is 4. The minimum atomic E-state index is -4.54. The van der Waals surface area contributed by atoms with Crippen LogP contribution in [-0.2, 0) is 6.18 Å². The van der Waals surface area contributed by atoms with Crippen LogP contribution in [0.4, 0.5) is 13.2 Å². The van der Waals surface area contributed by atoms with E-state index in [1.807, 2.05) is 0 Å². The van der Waals surface area contributed by atoms with Crippen molar-refractivity contribution in [1.82, 2.24) is 15.2 Å². The van der Waals surface area contributed by atoms with E-state index in [2.05, 4.69) is 22.1 Å². The standard InChI is InChI=1S/C21H22F3N3O2/c1-20(13-14-9-11-27(20)12-10-14)26-19(28)15-5-7-16(8-6-15)29-18-4-2-3-17(25-18)21(22,23)24/h2-8,14H,9-13H2,1H3,(H,26,28)/t20-/m0/s1. The second kappa shape index (κ2) is 7.33. The largest absolute Gasteiger partial charge is 0.439 e. The number of halogens is 3. The Hall–Kier alpha value is -2.61. The van der Waals surface area contributed by atoms with Crippen LogP contribution in [0.2, 0.25) is 0 Å². The van der Waals surface area contributed by atoms with E-state index in [1.165, 1.54) is 25.0 Å². The Morgan fingerprint density at radius 3 is 2.45 bits per heavy atom. The van der Waals surface area contributed by atoms with Crippen molar-refractivity contribution in [2.24, 2.45) is 5.92 Å². The summed E-state index contributed by atoms with van der Waals surface area (Å²) in [6, 6.07) is 9.76. The van der Waals surface area contributed by atoms with Crippen molar-refractivity contribution in [2.75, 3.05) is 13.1 Å². The van der Waals surface area contributed by atoms with Gasteiger partial charge in [-0.05, 0) is 62.4 Å². The van der Waals surface area contributed by atoms with Crippen LogP contribution in [0.3, 0.4) is 0 Å². The van der Waals surface area contributed by atoms with Crippen molar-refractivity contribution in [1.29, 1.82) is 0 Å². The minimum absolute atomic E-state index is 0.157. The Labute approximate surface area is 166 Å². The Bertz CT molecular complexity index is 893. The van der Waals surface area contributed by atoms with Gasteiger partial charge < -0.3 is 10.1 Å². The predicted molar refractivity (Wildman–Crippen MR) is 101 cm³/mol. The number of carbonyl (C=O) groups is 1. The molecule has 3 aliphatic heterocycles. The number of hydrogen-bond acceptors (Lipinski definition) is 4. The van der Waals surface area contributed by atoms with Gasteiger partial charge in [0.1, 0.15) is 11.4 Å². The van der Waals surface area contributed by atoms with Gasteiger partial charge in [-0.2, -0.15) is 13.2 Å². The summed E-state index contributed by atoms with van der Waals surface area (Å²) in [6.07, 6.45) is -1.23. The molecule has 3 saturated heterocycles. The average Bonchev–Trinajstić information content (AvgIpc) is 2.68. The number of nitrogens with one attached hydrogen (secondary N) is 1. The third-order valence-electron chi connectivity index (χ3n) is 5.73. The van der Waals surface area contributed by atoms with E-state index < -0.39 is 11.9 Å². The molecule has 29 heavy (non-hydrogen) atoms. The summed E-state index contributed by atoms with van der Waals surface area (Å²) in [5.41, 5.74) is -0.885. The topological polar surface area (TPSA) is 54.5 Å². The van der Waals surface area contributed by atoms with Gasteiger partial charge in [-0.25, -0.2) is 4.98 Å². The molecule has 0 saturated carbocycles. The average molecular weight is 405 g/mol. The lowest BCUT2D eigenvalue weighted by Crippen LogP contribution is -2.65. The highest BCUT2D eigenvalue weighted by Crippen LogP contribution is 2.37. The second-order valence-electron chi connectivity index (χ2n) is 7.85. The van der Waals surface area contributed by atoms with Crippen molar-refractivity contribution in [3.05, 3.63) is 53.7 Å². The number of nitrogens with zero attached hydrogens (tertiary/aromatic N) is 2. The number of benzene rings is 1.